The Balaban J connectivity index is 1.22. The number of nitrogens with zero attached hydrogens (tertiary/aromatic N) is 1. The number of amides is 2. The smallest absolute Gasteiger partial charge is 0.343 e. The molecule has 0 aromatic heterocycles. The van der Waals surface area contributed by atoms with Crippen molar-refractivity contribution in [1.82, 2.24) is 0 Å². The Morgan fingerprint density at radius 1 is 0.938 bits per heavy atom. The zero-order valence-corrected chi connectivity index (χ0v) is 18.5. The Morgan fingerprint density at radius 2 is 1.47 bits per heavy atom. The van der Waals surface area contributed by atoms with Crippen LogP contribution in [-0.4, -0.2) is 17.8 Å². The molecule has 162 valence electrons. The molecule has 32 heavy (non-hydrogen) atoms. The molecule has 0 N–H and O–H groups in total. The second-order valence-corrected chi connectivity index (χ2v) is 9.85. The van der Waals surface area contributed by atoms with Crippen LogP contribution in [0.15, 0.2) is 48.6 Å². The largest absolute Gasteiger partial charge is 0.423 e. The van der Waals surface area contributed by atoms with E-state index in [1.54, 1.807) is 36.4 Å². The highest BCUT2D eigenvalue weighted by atomic mass is 35.5. The van der Waals surface area contributed by atoms with Crippen molar-refractivity contribution in [3.05, 3.63) is 70.3 Å². The number of ether oxygens (including phenoxy) is 1. The van der Waals surface area contributed by atoms with Crippen molar-refractivity contribution in [3.63, 3.8) is 0 Å². The van der Waals surface area contributed by atoms with Gasteiger partial charge in [-0.15, -0.1) is 0 Å². The van der Waals surface area contributed by atoms with E-state index in [1.807, 2.05) is 13.8 Å². The van der Waals surface area contributed by atoms with Crippen molar-refractivity contribution in [2.45, 2.75) is 20.3 Å². The van der Waals surface area contributed by atoms with Crippen LogP contribution in [0.3, 0.4) is 0 Å². The van der Waals surface area contributed by atoms with Crippen molar-refractivity contribution in [1.29, 1.82) is 0 Å². The summed E-state index contributed by atoms with van der Waals surface area (Å²) < 4.78 is 5.50. The van der Waals surface area contributed by atoms with Crippen LogP contribution in [0.1, 0.15) is 27.9 Å². The normalized spacial score (nSPS) is 31.5. The molecule has 6 atom stereocenters. The molecule has 6 heteroatoms. The molecular formula is C26H22ClNO4. The molecule has 2 amide bonds. The van der Waals surface area contributed by atoms with E-state index in [1.165, 1.54) is 4.90 Å². The SMILES string of the molecule is Cc1cc(OC(=O)c2ccc(N3C(=O)[C@@H]4[C@@H]5C=C[C@H]([C@H]6C[C@H]56)[C@@H]4C3=O)cc2)cc(C)c1Cl. The first-order valence-corrected chi connectivity index (χ1v) is 11.4. The van der Waals surface area contributed by atoms with Crippen molar-refractivity contribution in [3.8, 4) is 5.75 Å². The third-order valence-corrected chi connectivity index (χ3v) is 8.24. The van der Waals surface area contributed by atoms with E-state index in [0.29, 0.717) is 33.9 Å². The molecule has 4 aliphatic carbocycles. The molecule has 2 bridgehead atoms. The first kappa shape index (κ1) is 19.7. The fraction of sp³-hybridized carbons (Fsp3) is 0.346. The quantitative estimate of drug-likeness (QED) is 0.295. The fourth-order valence-corrected chi connectivity index (χ4v) is 6.20. The van der Waals surface area contributed by atoms with E-state index in [9.17, 15) is 14.4 Å². The van der Waals surface area contributed by atoms with Gasteiger partial charge in [0.05, 0.1) is 23.1 Å². The molecule has 5 nitrogen and oxygen atoms in total. The molecule has 2 aromatic rings. The molecule has 1 heterocycles. The van der Waals surface area contributed by atoms with Crippen molar-refractivity contribution in [2.24, 2.45) is 35.5 Å². The predicted octanol–water partition coefficient (Wildman–Crippen LogP) is 4.73. The first-order chi connectivity index (χ1) is 15.3. The van der Waals surface area contributed by atoms with Crippen LogP contribution in [0.2, 0.25) is 5.02 Å². The molecule has 0 unspecified atom stereocenters. The van der Waals surface area contributed by atoms with E-state index < -0.39 is 5.97 Å². The Hall–Kier alpha value is -2.92. The van der Waals surface area contributed by atoms with Gasteiger partial charge in [-0.2, -0.15) is 0 Å². The summed E-state index contributed by atoms with van der Waals surface area (Å²) >= 11 is 6.18. The lowest BCUT2D eigenvalue weighted by Crippen LogP contribution is -2.40. The first-order valence-electron chi connectivity index (χ1n) is 11.0. The molecule has 1 aliphatic heterocycles. The number of esters is 1. The summed E-state index contributed by atoms with van der Waals surface area (Å²) in [4.78, 5) is 40.4. The van der Waals surface area contributed by atoms with Crippen LogP contribution in [-0.2, 0) is 9.59 Å². The number of aryl methyl sites for hydroxylation is 2. The highest BCUT2D eigenvalue weighted by Gasteiger charge is 2.67. The van der Waals surface area contributed by atoms with Crippen LogP contribution in [0, 0.1) is 49.4 Å². The van der Waals surface area contributed by atoms with Crippen LogP contribution >= 0.6 is 11.6 Å². The number of hydrogen-bond acceptors (Lipinski definition) is 4. The van der Waals surface area contributed by atoms with Gasteiger partial charge in [0.2, 0.25) is 11.8 Å². The van der Waals surface area contributed by atoms with Gasteiger partial charge in [-0.25, -0.2) is 4.79 Å². The van der Waals surface area contributed by atoms with Gasteiger partial charge in [-0.3, -0.25) is 14.5 Å². The highest BCUT2D eigenvalue weighted by molar-refractivity contribution is 6.32. The molecule has 5 aliphatic rings. The second-order valence-electron chi connectivity index (χ2n) is 9.47. The zero-order valence-electron chi connectivity index (χ0n) is 17.7. The summed E-state index contributed by atoms with van der Waals surface area (Å²) in [6.45, 7) is 3.71. The number of halogens is 1. The number of allylic oxidation sites excluding steroid dienone is 2. The van der Waals surface area contributed by atoms with E-state index in [-0.39, 0.29) is 35.5 Å². The maximum atomic E-state index is 13.2. The van der Waals surface area contributed by atoms with E-state index >= 15 is 0 Å². The van der Waals surface area contributed by atoms with Gasteiger partial charge in [-0.05, 0) is 91.5 Å². The number of carbonyl (C=O) groups excluding carboxylic acids is 3. The predicted molar refractivity (Wildman–Crippen MR) is 120 cm³/mol. The maximum Gasteiger partial charge on any atom is 0.343 e. The number of rotatable bonds is 3. The van der Waals surface area contributed by atoms with Gasteiger partial charge >= 0.3 is 5.97 Å². The van der Waals surface area contributed by atoms with Gasteiger partial charge in [0.15, 0.2) is 0 Å². The molecule has 7 rings (SSSR count). The maximum absolute atomic E-state index is 13.2. The third-order valence-electron chi connectivity index (χ3n) is 7.64. The summed E-state index contributed by atoms with van der Waals surface area (Å²) in [6, 6.07) is 9.94. The van der Waals surface area contributed by atoms with E-state index in [0.717, 1.165) is 17.5 Å². The molecular weight excluding hydrogens is 426 g/mol. The Morgan fingerprint density at radius 3 is 2.00 bits per heavy atom. The third kappa shape index (κ3) is 2.73. The molecule has 3 fully saturated rings. The molecule has 1 saturated heterocycles. The molecule has 0 radical (unpaired) electrons. The van der Waals surface area contributed by atoms with Crippen molar-refractivity contribution in [2.75, 3.05) is 4.90 Å². The monoisotopic (exact) mass is 447 g/mol. The number of carbonyl (C=O) groups is 3. The van der Waals surface area contributed by atoms with Crippen LogP contribution in [0.5, 0.6) is 5.75 Å². The number of imide groups is 1. The van der Waals surface area contributed by atoms with Crippen LogP contribution in [0.25, 0.3) is 0 Å². The number of anilines is 1. The Bertz CT molecular complexity index is 1160. The van der Waals surface area contributed by atoms with Gasteiger partial charge in [-0.1, -0.05) is 23.8 Å². The van der Waals surface area contributed by atoms with Gasteiger partial charge in [0.25, 0.3) is 0 Å². The Kier molecular flexibility index (Phi) is 4.19. The fourth-order valence-electron chi connectivity index (χ4n) is 6.09. The minimum Gasteiger partial charge on any atom is -0.423 e. The van der Waals surface area contributed by atoms with E-state index in [2.05, 4.69) is 12.2 Å². The lowest BCUT2D eigenvalue weighted by Gasteiger charge is -2.37. The van der Waals surface area contributed by atoms with Gasteiger partial charge in [0.1, 0.15) is 5.75 Å². The summed E-state index contributed by atoms with van der Waals surface area (Å²) in [5.41, 5.74) is 2.52. The minimum absolute atomic E-state index is 0.104. The van der Waals surface area contributed by atoms with Crippen LogP contribution in [0.4, 0.5) is 5.69 Å². The van der Waals surface area contributed by atoms with Crippen LogP contribution < -0.4 is 9.64 Å². The van der Waals surface area contributed by atoms with Crippen molar-refractivity contribution >= 4 is 35.1 Å². The number of benzene rings is 2. The van der Waals surface area contributed by atoms with E-state index in [4.69, 9.17) is 16.3 Å². The molecule has 2 aromatic carbocycles. The average Bonchev–Trinajstić information content (AvgIpc) is 3.55. The second kappa shape index (κ2) is 6.79. The topological polar surface area (TPSA) is 63.7 Å². The highest BCUT2D eigenvalue weighted by Crippen LogP contribution is 2.65. The Labute approximate surface area is 191 Å². The van der Waals surface area contributed by atoms with Gasteiger partial charge < -0.3 is 4.74 Å². The minimum atomic E-state index is -0.507. The standard InChI is InChI=1S/C26H22ClNO4/c1-12-9-16(10-13(2)23(12)27)32-26(31)14-3-5-15(6-4-14)28-24(29)21-17-7-8-18(20-11-19(17)20)22(21)25(28)30/h3-10,17-22H,11H2,1-2H3/t17-,18-,19-,20-,21-,22+/m1/s1. The zero-order chi connectivity index (χ0) is 22.3. The lowest BCUT2D eigenvalue weighted by molar-refractivity contribution is -0.124. The summed E-state index contributed by atoms with van der Waals surface area (Å²) in [7, 11) is 0. The van der Waals surface area contributed by atoms with Crippen molar-refractivity contribution < 1.29 is 19.1 Å². The summed E-state index contributed by atoms with van der Waals surface area (Å²) in [5, 5.41) is 0.649. The summed E-state index contributed by atoms with van der Waals surface area (Å²) in [5.74, 6) is 0.764. The molecule has 2 saturated carbocycles. The molecule has 0 spiro atoms. The summed E-state index contributed by atoms with van der Waals surface area (Å²) in [6.07, 6.45) is 5.46. The van der Waals surface area contributed by atoms with Gasteiger partial charge in [0, 0.05) is 5.02 Å². The number of hydrogen-bond donors (Lipinski definition) is 0. The average molecular weight is 448 g/mol. The lowest BCUT2D eigenvalue weighted by atomic mass is 9.63.